The second-order valence-corrected chi connectivity index (χ2v) is 3.32. The summed E-state index contributed by atoms with van der Waals surface area (Å²) in [5, 5.41) is 12.0. The number of carbonyl (C=O) groups is 1. The van der Waals surface area contributed by atoms with E-state index in [-0.39, 0.29) is 11.5 Å². The van der Waals surface area contributed by atoms with Crippen molar-refractivity contribution in [2.45, 2.75) is 6.42 Å². The second-order valence-electron chi connectivity index (χ2n) is 3.32. The smallest absolute Gasteiger partial charge is 0.179 e. The van der Waals surface area contributed by atoms with E-state index in [0.717, 1.165) is 11.1 Å². The summed E-state index contributed by atoms with van der Waals surface area (Å²) in [6, 6.07) is 6.90. The van der Waals surface area contributed by atoms with Gasteiger partial charge in [-0.15, -0.1) is 0 Å². The zero-order valence-corrected chi connectivity index (χ0v) is 7.66. The van der Waals surface area contributed by atoms with Crippen molar-refractivity contribution in [2.24, 2.45) is 0 Å². The Morgan fingerprint density at radius 3 is 2.57 bits per heavy atom. The van der Waals surface area contributed by atoms with Gasteiger partial charge in [0.15, 0.2) is 5.78 Å². The van der Waals surface area contributed by atoms with Crippen LogP contribution in [0.5, 0.6) is 5.75 Å². The minimum atomic E-state index is 0.151. The molecule has 0 amide bonds. The average molecular weight is 189 g/mol. The number of carbonyl (C=O) groups excluding carboxylic acids is 1. The van der Waals surface area contributed by atoms with Crippen molar-refractivity contribution >= 4 is 5.78 Å². The standard InChI is InChI=1S/C11H11NO2/c13-10-3-1-8(2-4-10)5-9-6-12-7-11(9)14/h1-4,6,12-13H,5,7H2. The molecular weight excluding hydrogens is 178 g/mol. The monoisotopic (exact) mass is 189 g/mol. The first kappa shape index (κ1) is 8.81. The van der Waals surface area contributed by atoms with E-state index in [9.17, 15) is 4.79 Å². The molecule has 0 aromatic heterocycles. The lowest BCUT2D eigenvalue weighted by Crippen LogP contribution is -2.09. The van der Waals surface area contributed by atoms with Gasteiger partial charge in [-0.3, -0.25) is 4.79 Å². The molecule has 0 radical (unpaired) electrons. The molecule has 1 aromatic rings. The zero-order valence-electron chi connectivity index (χ0n) is 7.66. The Bertz CT molecular complexity index is 379. The molecule has 1 heterocycles. The Morgan fingerprint density at radius 2 is 2.00 bits per heavy atom. The maximum Gasteiger partial charge on any atom is 0.179 e. The number of benzene rings is 1. The van der Waals surface area contributed by atoms with Crippen molar-refractivity contribution in [3.63, 3.8) is 0 Å². The maximum atomic E-state index is 11.3. The van der Waals surface area contributed by atoms with E-state index in [1.54, 1.807) is 18.3 Å². The Morgan fingerprint density at radius 1 is 1.29 bits per heavy atom. The number of Topliss-reactive ketones (excluding diaryl/α,β-unsaturated/α-hetero) is 1. The number of rotatable bonds is 2. The van der Waals surface area contributed by atoms with Crippen LogP contribution in [0.15, 0.2) is 36.0 Å². The lowest BCUT2D eigenvalue weighted by atomic mass is 10.0. The second kappa shape index (κ2) is 3.54. The fraction of sp³-hybridized carbons (Fsp3) is 0.182. The molecule has 1 aliphatic heterocycles. The lowest BCUT2D eigenvalue weighted by Gasteiger charge is -2.00. The molecule has 0 fully saturated rings. The van der Waals surface area contributed by atoms with E-state index in [1.807, 2.05) is 12.1 Å². The number of phenolic OH excluding ortho intramolecular Hbond substituents is 1. The van der Waals surface area contributed by atoms with E-state index in [2.05, 4.69) is 5.32 Å². The van der Waals surface area contributed by atoms with Gasteiger partial charge >= 0.3 is 0 Å². The minimum Gasteiger partial charge on any atom is -0.508 e. The number of ketones is 1. The molecule has 0 aliphatic carbocycles. The summed E-state index contributed by atoms with van der Waals surface area (Å²) < 4.78 is 0. The summed E-state index contributed by atoms with van der Waals surface area (Å²) >= 11 is 0. The van der Waals surface area contributed by atoms with Crippen LogP contribution in [-0.2, 0) is 11.2 Å². The zero-order chi connectivity index (χ0) is 9.97. The number of hydrogen-bond acceptors (Lipinski definition) is 3. The summed E-state index contributed by atoms with van der Waals surface area (Å²) in [5.41, 5.74) is 1.83. The van der Waals surface area contributed by atoms with Crippen molar-refractivity contribution in [1.29, 1.82) is 0 Å². The first-order chi connectivity index (χ1) is 6.75. The van der Waals surface area contributed by atoms with Crippen molar-refractivity contribution < 1.29 is 9.90 Å². The molecule has 0 atom stereocenters. The average Bonchev–Trinajstić information content (AvgIpc) is 2.56. The number of nitrogens with one attached hydrogen (secondary N) is 1. The Kier molecular flexibility index (Phi) is 2.23. The summed E-state index contributed by atoms with van der Waals surface area (Å²) in [6.07, 6.45) is 2.39. The summed E-state index contributed by atoms with van der Waals surface area (Å²) in [6.45, 7) is 0.410. The van der Waals surface area contributed by atoms with Gasteiger partial charge in [0.2, 0.25) is 0 Å². The highest BCUT2D eigenvalue weighted by Gasteiger charge is 2.14. The van der Waals surface area contributed by atoms with Crippen LogP contribution in [0.1, 0.15) is 5.56 Å². The molecular formula is C11H11NO2. The quantitative estimate of drug-likeness (QED) is 0.729. The minimum absolute atomic E-state index is 0.151. The molecule has 2 N–H and O–H groups in total. The van der Waals surface area contributed by atoms with Gasteiger partial charge in [0.1, 0.15) is 5.75 Å². The van der Waals surface area contributed by atoms with Gasteiger partial charge in [0, 0.05) is 18.2 Å². The highest BCUT2D eigenvalue weighted by atomic mass is 16.3. The van der Waals surface area contributed by atoms with Gasteiger partial charge in [0.25, 0.3) is 0 Å². The molecule has 3 heteroatoms. The van der Waals surface area contributed by atoms with Crippen LogP contribution in [0.4, 0.5) is 0 Å². The van der Waals surface area contributed by atoms with Crippen LogP contribution < -0.4 is 5.32 Å². The highest BCUT2D eigenvalue weighted by Crippen LogP contribution is 2.14. The van der Waals surface area contributed by atoms with Crippen LogP contribution in [0.2, 0.25) is 0 Å². The first-order valence-electron chi connectivity index (χ1n) is 4.49. The molecule has 14 heavy (non-hydrogen) atoms. The molecule has 1 aliphatic rings. The summed E-state index contributed by atoms with van der Waals surface area (Å²) in [7, 11) is 0. The molecule has 1 aromatic carbocycles. The van der Waals surface area contributed by atoms with Gasteiger partial charge in [-0.25, -0.2) is 0 Å². The molecule has 0 saturated carbocycles. The molecule has 72 valence electrons. The third-order valence-electron chi connectivity index (χ3n) is 2.23. The SMILES string of the molecule is O=C1CNC=C1Cc1ccc(O)cc1. The van der Waals surface area contributed by atoms with Crippen LogP contribution in [0.3, 0.4) is 0 Å². The van der Waals surface area contributed by atoms with Gasteiger partial charge in [-0.1, -0.05) is 12.1 Å². The number of phenols is 1. The van der Waals surface area contributed by atoms with Crippen LogP contribution in [0, 0.1) is 0 Å². The predicted octanol–water partition coefficient (Wildman–Crippen LogP) is 0.991. The van der Waals surface area contributed by atoms with Gasteiger partial charge < -0.3 is 10.4 Å². The molecule has 0 spiro atoms. The number of aromatic hydroxyl groups is 1. The summed E-state index contributed by atoms with van der Waals surface area (Å²) in [5.74, 6) is 0.400. The van der Waals surface area contributed by atoms with Crippen molar-refractivity contribution in [1.82, 2.24) is 5.32 Å². The molecule has 2 rings (SSSR count). The van der Waals surface area contributed by atoms with Gasteiger partial charge in [-0.2, -0.15) is 0 Å². The van der Waals surface area contributed by atoms with Crippen LogP contribution in [-0.4, -0.2) is 17.4 Å². The maximum absolute atomic E-state index is 11.3. The lowest BCUT2D eigenvalue weighted by molar-refractivity contribution is -0.114. The van der Waals surface area contributed by atoms with E-state index in [1.165, 1.54) is 0 Å². The van der Waals surface area contributed by atoms with E-state index in [0.29, 0.717) is 13.0 Å². The molecule has 0 bridgehead atoms. The third kappa shape index (κ3) is 1.76. The van der Waals surface area contributed by atoms with E-state index < -0.39 is 0 Å². The molecule has 0 unspecified atom stereocenters. The third-order valence-corrected chi connectivity index (χ3v) is 2.23. The fourth-order valence-electron chi connectivity index (χ4n) is 1.44. The normalized spacial score (nSPS) is 15.1. The van der Waals surface area contributed by atoms with Crippen molar-refractivity contribution in [3.8, 4) is 5.75 Å². The predicted molar refractivity (Wildman–Crippen MR) is 52.9 cm³/mol. The largest absolute Gasteiger partial charge is 0.508 e. The highest BCUT2D eigenvalue weighted by molar-refractivity contribution is 5.99. The summed E-state index contributed by atoms with van der Waals surface area (Å²) in [4.78, 5) is 11.3. The van der Waals surface area contributed by atoms with Crippen LogP contribution in [0.25, 0.3) is 0 Å². The first-order valence-corrected chi connectivity index (χ1v) is 4.49. The van der Waals surface area contributed by atoms with E-state index in [4.69, 9.17) is 5.11 Å². The van der Waals surface area contributed by atoms with Crippen LogP contribution >= 0.6 is 0 Å². The fourth-order valence-corrected chi connectivity index (χ4v) is 1.44. The number of hydrogen-bond donors (Lipinski definition) is 2. The molecule has 0 saturated heterocycles. The Labute approximate surface area is 82.1 Å². The van der Waals surface area contributed by atoms with E-state index >= 15 is 0 Å². The Hall–Kier alpha value is -1.77. The van der Waals surface area contributed by atoms with Gasteiger partial charge in [0.05, 0.1) is 6.54 Å². The van der Waals surface area contributed by atoms with Crippen molar-refractivity contribution in [3.05, 3.63) is 41.6 Å². The van der Waals surface area contributed by atoms with Gasteiger partial charge in [-0.05, 0) is 17.7 Å². The topological polar surface area (TPSA) is 49.3 Å². The molecule has 3 nitrogen and oxygen atoms in total. The van der Waals surface area contributed by atoms with Crippen molar-refractivity contribution in [2.75, 3.05) is 6.54 Å². The Balaban J connectivity index is 2.11.